The molecule has 1 unspecified atom stereocenters. The summed E-state index contributed by atoms with van der Waals surface area (Å²) in [7, 11) is 3.57. The highest BCUT2D eigenvalue weighted by Gasteiger charge is 2.17. The van der Waals surface area contributed by atoms with Crippen LogP contribution in [-0.2, 0) is 4.74 Å². The Balaban J connectivity index is 2.07. The maximum atomic E-state index is 12.2. The molecule has 4 nitrogen and oxygen atoms in total. The van der Waals surface area contributed by atoms with E-state index in [4.69, 9.17) is 9.15 Å². The summed E-state index contributed by atoms with van der Waals surface area (Å²) in [5.41, 5.74) is 0.749. The van der Waals surface area contributed by atoms with Gasteiger partial charge in [-0.15, -0.1) is 0 Å². The Bertz CT molecular complexity index is 528. The van der Waals surface area contributed by atoms with Crippen molar-refractivity contribution in [1.82, 2.24) is 4.90 Å². The first-order chi connectivity index (χ1) is 9.11. The Morgan fingerprint density at radius 2 is 2.16 bits per heavy atom. The van der Waals surface area contributed by atoms with Gasteiger partial charge < -0.3 is 9.15 Å². The van der Waals surface area contributed by atoms with Crippen molar-refractivity contribution in [3.05, 3.63) is 36.1 Å². The molecule has 0 spiro atoms. The number of carbonyl (C=O) groups excluding carboxylic acids is 1. The maximum absolute atomic E-state index is 12.2. The number of rotatable bonds is 6. The molecule has 2 aromatic rings. The molecule has 1 atom stereocenters. The molecule has 1 aromatic heterocycles. The highest BCUT2D eigenvalue weighted by atomic mass is 16.5. The molecule has 4 heteroatoms. The number of ketones is 1. The average Bonchev–Trinajstić information content (AvgIpc) is 2.82. The summed E-state index contributed by atoms with van der Waals surface area (Å²) in [5, 5.41) is 0.957. The number of likely N-dealkylation sites (N-methyl/N-ethyl adjacent to an activating group) is 1. The van der Waals surface area contributed by atoms with Crippen LogP contribution in [0.5, 0.6) is 0 Å². The van der Waals surface area contributed by atoms with Crippen LogP contribution in [0.25, 0.3) is 11.0 Å². The van der Waals surface area contributed by atoms with Crippen molar-refractivity contribution in [2.45, 2.75) is 13.0 Å². The number of hydrogen-bond acceptors (Lipinski definition) is 4. The van der Waals surface area contributed by atoms with Gasteiger partial charge in [-0.2, -0.15) is 0 Å². The summed E-state index contributed by atoms with van der Waals surface area (Å²) in [6.45, 7) is 2.95. The largest absolute Gasteiger partial charge is 0.453 e. The lowest BCUT2D eigenvalue weighted by Crippen LogP contribution is -2.36. The zero-order valence-electron chi connectivity index (χ0n) is 11.6. The standard InChI is InChI=1S/C15H19NO3/c1-11(10-18-3)16(2)9-13(17)15-8-12-6-4-5-7-14(12)19-15/h4-8,11H,9-10H2,1-3H3. The van der Waals surface area contributed by atoms with Crippen LogP contribution < -0.4 is 0 Å². The molecule has 0 aliphatic heterocycles. The number of para-hydroxylation sites is 1. The molecule has 2 rings (SSSR count). The van der Waals surface area contributed by atoms with Gasteiger partial charge in [0, 0.05) is 18.5 Å². The minimum Gasteiger partial charge on any atom is -0.453 e. The predicted octanol–water partition coefficient (Wildman–Crippen LogP) is 2.58. The molecule has 0 saturated carbocycles. The van der Waals surface area contributed by atoms with E-state index in [1.807, 2.05) is 43.1 Å². The number of benzene rings is 1. The first-order valence-electron chi connectivity index (χ1n) is 6.32. The van der Waals surface area contributed by atoms with E-state index < -0.39 is 0 Å². The van der Waals surface area contributed by atoms with E-state index in [1.54, 1.807) is 13.2 Å². The van der Waals surface area contributed by atoms with Gasteiger partial charge >= 0.3 is 0 Å². The molecule has 0 aliphatic rings. The number of hydrogen-bond donors (Lipinski definition) is 0. The van der Waals surface area contributed by atoms with Crippen molar-refractivity contribution in [3.63, 3.8) is 0 Å². The van der Waals surface area contributed by atoms with Gasteiger partial charge in [0.15, 0.2) is 5.76 Å². The number of Topliss-reactive ketones (excluding diaryl/α,β-unsaturated/α-hetero) is 1. The Morgan fingerprint density at radius 3 is 2.84 bits per heavy atom. The quantitative estimate of drug-likeness (QED) is 0.750. The van der Waals surface area contributed by atoms with Gasteiger partial charge in [0.25, 0.3) is 0 Å². The third-order valence-electron chi connectivity index (χ3n) is 3.25. The first-order valence-corrected chi connectivity index (χ1v) is 6.32. The molecule has 0 radical (unpaired) electrons. The van der Waals surface area contributed by atoms with E-state index in [2.05, 4.69) is 0 Å². The van der Waals surface area contributed by atoms with Crippen molar-refractivity contribution in [2.24, 2.45) is 0 Å². The third-order valence-corrected chi connectivity index (χ3v) is 3.25. The van der Waals surface area contributed by atoms with E-state index in [0.717, 1.165) is 11.0 Å². The van der Waals surface area contributed by atoms with Gasteiger partial charge in [0.1, 0.15) is 5.58 Å². The smallest absolute Gasteiger partial charge is 0.211 e. The van der Waals surface area contributed by atoms with E-state index >= 15 is 0 Å². The summed E-state index contributed by atoms with van der Waals surface area (Å²) in [6.07, 6.45) is 0. The molecule has 0 bridgehead atoms. The van der Waals surface area contributed by atoms with Gasteiger partial charge in [0.2, 0.25) is 5.78 Å². The minimum absolute atomic E-state index is 0.0124. The molecule has 19 heavy (non-hydrogen) atoms. The molecular weight excluding hydrogens is 242 g/mol. The summed E-state index contributed by atoms with van der Waals surface area (Å²) >= 11 is 0. The lowest BCUT2D eigenvalue weighted by molar-refractivity contribution is 0.0819. The Kier molecular flexibility index (Phi) is 4.35. The minimum atomic E-state index is -0.0124. The van der Waals surface area contributed by atoms with E-state index in [-0.39, 0.29) is 11.8 Å². The van der Waals surface area contributed by atoms with Crippen molar-refractivity contribution in [1.29, 1.82) is 0 Å². The molecule has 0 fully saturated rings. The van der Waals surface area contributed by atoms with Crippen LogP contribution in [0, 0.1) is 0 Å². The zero-order chi connectivity index (χ0) is 13.8. The highest BCUT2D eigenvalue weighted by Crippen LogP contribution is 2.19. The molecule has 0 aliphatic carbocycles. The molecule has 0 saturated heterocycles. The number of nitrogens with zero attached hydrogens (tertiary/aromatic N) is 1. The van der Waals surface area contributed by atoms with Crippen LogP contribution >= 0.6 is 0 Å². The molecule has 102 valence electrons. The predicted molar refractivity (Wildman–Crippen MR) is 74.5 cm³/mol. The maximum Gasteiger partial charge on any atom is 0.211 e. The number of methoxy groups -OCH3 is 1. The number of ether oxygens (including phenoxy) is 1. The van der Waals surface area contributed by atoms with Crippen molar-refractivity contribution in [3.8, 4) is 0 Å². The van der Waals surface area contributed by atoms with Crippen molar-refractivity contribution >= 4 is 16.8 Å². The van der Waals surface area contributed by atoms with Gasteiger partial charge in [-0.3, -0.25) is 9.69 Å². The van der Waals surface area contributed by atoms with Gasteiger partial charge in [-0.1, -0.05) is 18.2 Å². The fraction of sp³-hybridized carbons (Fsp3) is 0.400. The Labute approximate surface area is 112 Å². The summed E-state index contributed by atoms with van der Waals surface area (Å²) in [5.74, 6) is 0.402. The Hall–Kier alpha value is -1.65. The first kappa shape index (κ1) is 13.8. The fourth-order valence-corrected chi connectivity index (χ4v) is 1.95. The van der Waals surface area contributed by atoms with E-state index in [9.17, 15) is 4.79 Å². The molecule has 1 heterocycles. The lowest BCUT2D eigenvalue weighted by Gasteiger charge is -2.22. The van der Waals surface area contributed by atoms with Crippen molar-refractivity contribution < 1.29 is 13.9 Å². The lowest BCUT2D eigenvalue weighted by atomic mass is 10.2. The average molecular weight is 261 g/mol. The van der Waals surface area contributed by atoms with Crippen LogP contribution in [-0.4, -0.2) is 44.0 Å². The topological polar surface area (TPSA) is 42.7 Å². The van der Waals surface area contributed by atoms with Crippen molar-refractivity contribution in [2.75, 3.05) is 27.3 Å². The second kappa shape index (κ2) is 5.99. The van der Waals surface area contributed by atoms with Crippen LogP contribution in [0.3, 0.4) is 0 Å². The molecule has 0 amide bonds. The fourth-order valence-electron chi connectivity index (χ4n) is 1.95. The second-order valence-corrected chi connectivity index (χ2v) is 4.79. The van der Waals surface area contributed by atoms with Crippen LogP contribution in [0.15, 0.2) is 34.7 Å². The highest BCUT2D eigenvalue weighted by molar-refractivity contribution is 5.98. The second-order valence-electron chi connectivity index (χ2n) is 4.79. The molecule has 0 N–H and O–H groups in total. The third kappa shape index (κ3) is 3.22. The number of fused-ring (bicyclic) bond motifs is 1. The van der Waals surface area contributed by atoms with E-state index in [1.165, 1.54) is 0 Å². The zero-order valence-corrected chi connectivity index (χ0v) is 11.6. The summed E-state index contributed by atoms with van der Waals surface area (Å²) in [6, 6.07) is 9.62. The molecule has 1 aromatic carbocycles. The van der Waals surface area contributed by atoms with Crippen LogP contribution in [0.1, 0.15) is 17.5 Å². The van der Waals surface area contributed by atoms with Gasteiger partial charge in [-0.05, 0) is 26.1 Å². The molecular formula is C15H19NO3. The van der Waals surface area contributed by atoms with E-state index in [0.29, 0.717) is 18.9 Å². The van der Waals surface area contributed by atoms with Gasteiger partial charge in [0.05, 0.1) is 13.2 Å². The number of furan rings is 1. The monoisotopic (exact) mass is 261 g/mol. The van der Waals surface area contributed by atoms with Crippen LogP contribution in [0.2, 0.25) is 0 Å². The number of carbonyl (C=O) groups is 1. The normalized spacial score (nSPS) is 13.1. The van der Waals surface area contributed by atoms with Gasteiger partial charge in [-0.25, -0.2) is 0 Å². The Morgan fingerprint density at radius 1 is 1.42 bits per heavy atom. The SMILES string of the molecule is COCC(C)N(C)CC(=O)c1cc2ccccc2o1. The van der Waals surface area contributed by atoms with Crippen LogP contribution in [0.4, 0.5) is 0 Å². The summed E-state index contributed by atoms with van der Waals surface area (Å²) in [4.78, 5) is 14.1. The summed E-state index contributed by atoms with van der Waals surface area (Å²) < 4.78 is 10.6.